The van der Waals surface area contributed by atoms with E-state index in [1.807, 2.05) is 60.8 Å². The molecule has 0 bridgehead atoms. The molecule has 0 fully saturated rings. The molecule has 0 radical (unpaired) electrons. The normalized spacial score (nSPS) is 10.4. The average molecular weight is 282 g/mol. The predicted molar refractivity (Wildman–Crippen MR) is 82.5 cm³/mol. The van der Waals surface area contributed by atoms with E-state index in [-0.39, 0.29) is 5.56 Å². The maximum absolute atomic E-state index is 12.1. The summed E-state index contributed by atoms with van der Waals surface area (Å²) in [4.78, 5) is 12.1. The van der Waals surface area contributed by atoms with Gasteiger partial charge in [0.25, 0.3) is 5.56 Å². The summed E-state index contributed by atoms with van der Waals surface area (Å²) in [6, 6.07) is 20.6. The van der Waals surface area contributed by atoms with Crippen LogP contribution in [0.25, 0.3) is 16.8 Å². The van der Waals surface area contributed by atoms with Crippen molar-refractivity contribution < 1.29 is 0 Å². The molecule has 0 aliphatic heterocycles. The fourth-order valence-corrected chi connectivity index (χ4v) is 2.35. The summed E-state index contributed by atoms with van der Waals surface area (Å²) in [6.07, 6.45) is 1.82. The third kappa shape index (κ3) is 2.38. The minimum atomic E-state index is -0.0993. The van der Waals surface area contributed by atoms with Gasteiger partial charge in [-0.2, -0.15) is 0 Å². The smallest absolute Gasteiger partial charge is 0.255 e. The van der Waals surface area contributed by atoms with Gasteiger partial charge in [0, 0.05) is 12.3 Å². The first-order valence-corrected chi connectivity index (χ1v) is 6.66. The van der Waals surface area contributed by atoms with E-state index in [2.05, 4.69) is 0 Å². The van der Waals surface area contributed by atoms with E-state index in [1.54, 1.807) is 16.7 Å². The van der Waals surface area contributed by atoms with Crippen molar-refractivity contribution >= 4 is 11.6 Å². The third-order valence-electron chi connectivity index (χ3n) is 3.13. The monoisotopic (exact) mass is 281 g/mol. The molecule has 3 heteroatoms. The molecule has 0 unspecified atom stereocenters. The van der Waals surface area contributed by atoms with E-state index in [9.17, 15) is 4.79 Å². The van der Waals surface area contributed by atoms with Gasteiger partial charge >= 0.3 is 0 Å². The Kier molecular flexibility index (Phi) is 3.40. The SMILES string of the molecule is O=c1ccc(-c2ccccc2)cn1-c1ccccc1Cl. The van der Waals surface area contributed by atoms with Gasteiger partial charge in [0.05, 0.1) is 10.7 Å². The quantitative estimate of drug-likeness (QED) is 0.691. The Labute approximate surface area is 121 Å². The lowest BCUT2D eigenvalue weighted by Gasteiger charge is -2.10. The van der Waals surface area contributed by atoms with Crippen molar-refractivity contribution in [2.24, 2.45) is 0 Å². The van der Waals surface area contributed by atoms with Crippen molar-refractivity contribution in [1.29, 1.82) is 0 Å². The lowest BCUT2D eigenvalue weighted by atomic mass is 10.1. The van der Waals surface area contributed by atoms with Crippen LogP contribution in [-0.4, -0.2) is 4.57 Å². The summed E-state index contributed by atoms with van der Waals surface area (Å²) in [5, 5.41) is 0.555. The van der Waals surface area contributed by atoms with Crippen LogP contribution in [0.1, 0.15) is 0 Å². The van der Waals surface area contributed by atoms with E-state index < -0.39 is 0 Å². The number of hydrogen-bond acceptors (Lipinski definition) is 1. The summed E-state index contributed by atoms with van der Waals surface area (Å²) in [6.45, 7) is 0. The standard InChI is InChI=1S/C17H12ClNO/c18-15-8-4-5-9-16(15)19-12-14(10-11-17(19)20)13-6-2-1-3-7-13/h1-12H. The fourth-order valence-electron chi connectivity index (χ4n) is 2.12. The molecule has 0 spiro atoms. The molecule has 0 amide bonds. The number of pyridine rings is 1. The summed E-state index contributed by atoms with van der Waals surface area (Å²) < 4.78 is 1.57. The summed E-state index contributed by atoms with van der Waals surface area (Å²) in [5.41, 5.74) is 2.63. The van der Waals surface area contributed by atoms with Gasteiger partial charge < -0.3 is 0 Å². The molecular weight excluding hydrogens is 270 g/mol. The Morgan fingerprint density at radius 3 is 2.20 bits per heavy atom. The molecule has 0 aliphatic rings. The summed E-state index contributed by atoms with van der Waals surface area (Å²) in [5.74, 6) is 0. The molecule has 2 aromatic carbocycles. The lowest BCUT2D eigenvalue weighted by molar-refractivity contribution is 0.993. The number of aromatic nitrogens is 1. The van der Waals surface area contributed by atoms with E-state index in [1.165, 1.54) is 0 Å². The lowest BCUT2D eigenvalue weighted by Crippen LogP contribution is -2.16. The Hall–Kier alpha value is -2.32. The third-order valence-corrected chi connectivity index (χ3v) is 3.45. The first kappa shape index (κ1) is 12.7. The molecule has 0 atom stereocenters. The highest BCUT2D eigenvalue weighted by atomic mass is 35.5. The van der Waals surface area contributed by atoms with Gasteiger partial charge in [-0.1, -0.05) is 54.1 Å². The highest BCUT2D eigenvalue weighted by Crippen LogP contribution is 2.22. The van der Waals surface area contributed by atoms with Crippen LogP contribution >= 0.6 is 11.6 Å². The van der Waals surface area contributed by atoms with Crippen molar-refractivity contribution in [2.45, 2.75) is 0 Å². The van der Waals surface area contributed by atoms with Crippen molar-refractivity contribution in [1.82, 2.24) is 4.57 Å². The van der Waals surface area contributed by atoms with Crippen LogP contribution in [0.15, 0.2) is 77.7 Å². The van der Waals surface area contributed by atoms with Gasteiger partial charge in [0.15, 0.2) is 0 Å². The van der Waals surface area contributed by atoms with E-state index in [0.29, 0.717) is 10.7 Å². The molecule has 0 saturated carbocycles. The van der Waals surface area contributed by atoms with E-state index in [0.717, 1.165) is 11.1 Å². The Balaban J connectivity index is 2.18. The number of para-hydroxylation sites is 1. The average Bonchev–Trinajstić information content (AvgIpc) is 2.49. The molecule has 0 saturated heterocycles. The Morgan fingerprint density at radius 1 is 0.750 bits per heavy atom. The van der Waals surface area contributed by atoms with Crippen LogP contribution in [0.2, 0.25) is 5.02 Å². The second-order valence-corrected chi connectivity index (χ2v) is 4.85. The van der Waals surface area contributed by atoms with Crippen LogP contribution in [-0.2, 0) is 0 Å². The first-order chi connectivity index (χ1) is 9.75. The van der Waals surface area contributed by atoms with Gasteiger partial charge in [-0.3, -0.25) is 9.36 Å². The molecule has 20 heavy (non-hydrogen) atoms. The number of benzene rings is 2. The molecule has 3 rings (SSSR count). The number of halogens is 1. The van der Waals surface area contributed by atoms with Crippen LogP contribution in [0.3, 0.4) is 0 Å². The molecule has 0 aliphatic carbocycles. The maximum Gasteiger partial charge on any atom is 0.255 e. The molecule has 1 heterocycles. The maximum atomic E-state index is 12.1. The second kappa shape index (κ2) is 5.35. The zero-order chi connectivity index (χ0) is 13.9. The first-order valence-electron chi connectivity index (χ1n) is 6.29. The van der Waals surface area contributed by atoms with Gasteiger partial charge in [0.1, 0.15) is 0 Å². The van der Waals surface area contributed by atoms with Crippen LogP contribution in [0, 0.1) is 0 Å². The second-order valence-electron chi connectivity index (χ2n) is 4.44. The van der Waals surface area contributed by atoms with Gasteiger partial charge in [-0.05, 0) is 29.3 Å². The molecule has 1 aromatic heterocycles. The minimum absolute atomic E-state index is 0.0993. The van der Waals surface area contributed by atoms with Gasteiger partial charge in [-0.15, -0.1) is 0 Å². The largest absolute Gasteiger partial charge is 0.282 e. The highest BCUT2D eigenvalue weighted by Gasteiger charge is 2.06. The Bertz CT molecular complexity index is 793. The molecular formula is C17H12ClNO. The van der Waals surface area contributed by atoms with Crippen molar-refractivity contribution in [3.63, 3.8) is 0 Å². The predicted octanol–water partition coefficient (Wildman–Crippen LogP) is 4.16. The molecule has 0 N–H and O–H groups in total. The van der Waals surface area contributed by atoms with Crippen LogP contribution < -0.4 is 5.56 Å². The van der Waals surface area contributed by atoms with Gasteiger partial charge in [-0.25, -0.2) is 0 Å². The van der Waals surface area contributed by atoms with Crippen molar-refractivity contribution in [2.75, 3.05) is 0 Å². The molecule has 2 nitrogen and oxygen atoms in total. The van der Waals surface area contributed by atoms with E-state index >= 15 is 0 Å². The minimum Gasteiger partial charge on any atom is -0.282 e. The molecule has 3 aromatic rings. The summed E-state index contributed by atoms with van der Waals surface area (Å²) >= 11 is 6.17. The topological polar surface area (TPSA) is 22.0 Å². The van der Waals surface area contributed by atoms with Crippen molar-refractivity contribution in [3.8, 4) is 16.8 Å². The van der Waals surface area contributed by atoms with Crippen LogP contribution in [0.5, 0.6) is 0 Å². The zero-order valence-corrected chi connectivity index (χ0v) is 11.4. The van der Waals surface area contributed by atoms with Crippen molar-refractivity contribution in [3.05, 3.63) is 88.3 Å². The number of nitrogens with zero attached hydrogens (tertiary/aromatic N) is 1. The van der Waals surface area contributed by atoms with E-state index in [4.69, 9.17) is 11.6 Å². The van der Waals surface area contributed by atoms with Crippen LogP contribution in [0.4, 0.5) is 0 Å². The summed E-state index contributed by atoms with van der Waals surface area (Å²) in [7, 11) is 0. The fraction of sp³-hybridized carbons (Fsp3) is 0. The Morgan fingerprint density at radius 2 is 1.45 bits per heavy atom. The van der Waals surface area contributed by atoms with Gasteiger partial charge in [0.2, 0.25) is 0 Å². The number of rotatable bonds is 2. The number of hydrogen-bond donors (Lipinski definition) is 0. The zero-order valence-electron chi connectivity index (χ0n) is 10.7. The highest BCUT2D eigenvalue weighted by molar-refractivity contribution is 6.32. The molecule has 98 valence electrons.